The maximum atomic E-state index is 13.1. The molecule has 0 aliphatic rings. The molecule has 0 aliphatic carbocycles. The highest BCUT2D eigenvalue weighted by Crippen LogP contribution is 2.20. The number of aromatic nitrogens is 2. The lowest BCUT2D eigenvalue weighted by Gasteiger charge is -2.06. The van der Waals surface area contributed by atoms with Crippen LogP contribution in [0, 0.1) is 5.82 Å². The fourth-order valence-corrected chi connectivity index (χ4v) is 1.74. The molecular weight excluding hydrogens is 305 g/mol. The van der Waals surface area contributed by atoms with Crippen molar-refractivity contribution in [2.24, 2.45) is 0 Å². The molecule has 0 saturated carbocycles. The van der Waals surface area contributed by atoms with Crippen LogP contribution in [0.15, 0.2) is 38.5 Å². The maximum Gasteiger partial charge on any atom is 0.328 e. The third kappa shape index (κ3) is 2.51. The number of hydrogen-bond acceptors (Lipinski definition) is 3. The second-order valence-electron chi connectivity index (χ2n) is 3.72. The minimum Gasteiger partial charge on any atom is -0.398 e. The third-order valence-corrected chi connectivity index (χ3v) is 3.10. The van der Waals surface area contributed by atoms with E-state index in [2.05, 4.69) is 15.9 Å². The second-order valence-corrected chi connectivity index (χ2v) is 4.57. The molecule has 0 spiro atoms. The molecule has 0 amide bonds. The number of nitrogens with one attached hydrogen (secondary N) is 1. The van der Waals surface area contributed by atoms with E-state index >= 15 is 0 Å². The van der Waals surface area contributed by atoms with Crippen LogP contribution in [0.1, 0.15) is 5.56 Å². The first kappa shape index (κ1) is 12.6. The largest absolute Gasteiger partial charge is 0.398 e. The lowest BCUT2D eigenvalue weighted by Crippen LogP contribution is -2.31. The van der Waals surface area contributed by atoms with Crippen molar-refractivity contribution < 1.29 is 4.39 Å². The predicted octanol–water partition coefficient (Wildman–Crippen LogP) is 1.07. The van der Waals surface area contributed by atoms with Gasteiger partial charge in [-0.05, 0) is 33.6 Å². The molecule has 3 N–H and O–H groups in total. The number of nitrogen functional groups attached to an aromatic ring is 1. The van der Waals surface area contributed by atoms with Crippen molar-refractivity contribution in [2.75, 3.05) is 5.73 Å². The molecule has 0 fully saturated rings. The van der Waals surface area contributed by atoms with E-state index in [1.54, 1.807) is 18.2 Å². The molecule has 2 rings (SSSR count). The Morgan fingerprint density at radius 1 is 1.39 bits per heavy atom. The Morgan fingerprint density at radius 3 is 2.78 bits per heavy atom. The van der Waals surface area contributed by atoms with Gasteiger partial charge in [0, 0.05) is 10.2 Å². The number of benzene rings is 1. The van der Waals surface area contributed by atoms with Gasteiger partial charge in [-0.3, -0.25) is 14.3 Å². The van der Waals surface area contributed by atoms with Crippen LogP contribution >= 0.6 is 15.9 Å². The molecule has 5 nitrogen and oxygen atoms in total. The van der Waals surface area contributed by atoms with Gasteiger partial charge >= 0.3 is 5.69 Å². The topological polar surface area (TPSA) is 80.9 Å². The summed E-state index contributed by atoms with van der Waals surface area (Å²) in [5.74, 6) is -1.00. The number of H-pyrrole nitrogens is 1. The van der Waals surface area contributed by atoms with Crippen molar-refractivity contribution in [1.82, 2.24) is 9.55 Å². The number of rotatable bonds is 2. The highest BCUT2D eigenvalue weighted by molar-refractivity contribution is 9.10. The summed E-state index contributed by atoms with van der Waals surface area (Å²) in [5.41, 5.74) is 5.26. The van der Waals surface area contributed by atoms with Gasteiger partial charge in [-0.25, -0.2) is 4.79 Å². The highest BCUT2D eigenvalue weighted by Gasteiger charge is 2.05. The Bertz CT molecular complexity index is 708. The third-order valence-electron chi connectivity index (χ3n) is 2.38. The van der Waals surface area contributed by atoms with Crippen molar-refractivity contribution >= 4 is 21.6 Å². The zero-order valence-electron chi connectivity index (χ0n) is 9.11. The Hall–Kier alpha value is -1.89. The minimum atomic E-state index is -1.02. The fraction of sp³-hybridized carbons (Fsp3) is 0.0909. The van der Waals surface area contributed by atoms with Crippen LogP contribution < -0.4 is 17.0 Å². The first-order chi connectivity index (χ1) is 8.47. The summed E-state index contributed by atoms with van der Waals surface area (Å²) in [6.45, 7) is 0.129. The lowest BCUT2D eigenvalue weighted by molar-refractivity contribution is 0.566. The molecule has 0 atom stereocenters. The van der Waals surface area contributed by atoms with Gasteiger partial charge in [-0.15, -0.1) is 0 Å². The summed E-state index contributed by atoms with van der Waals surface area (Å²) in [7, 11) is 0. The highest BCUT2D eigenvalue weighted by atomic mass is 79.9. The average molecular weight is 314 g/mol. The van der Waals surface area contributed by atoms with Crippen molar-refractivity contribution in [1.29, 1.82) is 0 Å². The Kier molecular flexibility index (Phi) is 3.33. The standard InChI is InChI=1S/C11H9BrFN3O2/c12-7-2-1-6(3-9(7)14)4-16-5-8(13)10(17)15-11(16)18/h1-3,5H,4,14H2,(H,15,17,18). The van der Waals surface area contributed by atoms with Crippen LogP contribution in [0.2, 0.25) is 0 Å². The Balaban J connectivity index is 2.40. The van der Waals surface area contributed by atoms with Gasteiger partial charge in [0.2, 0.25) is 5.82 Å². The molecule has 0 bridgehead atoms. The number of hydrogen-bond donors (Lipinski definition) is 2. The van der Waals surface area contributed by atoms with E-state index < -0.39 is 17.1 Å². The predicted molar refractivity (Wildman–Crippen MR) is 68.9 cm³/mol. The summed E-state index contributed by atoms with van der Waals surface area (Å²) >= 11 is 3.25. The van der Waals surface area contributed by atoms with Gasteiger partial charge < -0.3 is 5.73 Å². The van der Waals surface area contributed by atoms with Crippen LogP contribution in [0.25, 0.3) is 0 Å². The quantitative estimate of drug-likeness (QED) is 0.814. The normalized spacial score (nSPS) is 10.6. The molecule has 1 aromatic heterocycles. The molecule has 1 heterocycles. The van der Waals surface area contributed by atoms with Crippen LogP contribution in [-0.2, 0) is 6.54 Å². The fourth-order valence-electron chi connectivity index (χ4n) is 1.49. The van der Waals surface area contributed by atoms with Gasteiger partial charge in [0.1, 0.15) is 0 Å². The van der Waals surface area contributed by atoms with Crippen molar-refractivity contribution in [3.8, 4) is 0 Å². The van der Waals surface area contributed by atoms with E-state index in [0.29, 0.717) is 5.69 Å². The number of anilines is 1. The zero-order chi connectivity index (χ0) is 13.3. The first-order valence-corrected chi connectivity index (χ1v) is 5.80. The van der Waals surface area contributed by atoms with E-state index in [1.807, 2.05) is 4.98 Å². The zero-order valence-corrected chi connectivity index (χ0v) is 10.7. The molecule has 0 radical (unpaired) electrons. The van der Waals surface area contributed by atoms with Crippen molar-refractivity contribution in [3.63, 3.8) is 0 Å². The lowest BCUT2D eigenvalue weighted by atomic mass is 10.2. The Morgan fingerprint density at radius 2 is 2.11 bits per heavy atom. The van der Waals surface area contributed by atoms with Crippen LogP contribution in [0.4, 0.5) is 10.1 Å². The number of aromatic amines is 1. The number of nitrogens with two attached hydrogens (primary N) is 1. The monoisotopic (exact) mass is 313 g/mol. The molecule has 1 aromatic carbocycles. The van der Waals surface area contributed by atoms with Crippen LogP contribution in [0.5, 0.6) is 0 Å². The SMILES string of the molecule is Nc1cc(Cn2cc(F)c(=O)[nH]c2=O)ccc1Br. The summed E-state index contributed by atoms with van der Waals surface area (Å²) < 4.78 is 14.9. The molecule has 0 unspecified atom stereocenters. The first-order valence-electron chi connectivity index (χ1n) is 5.00. The van der Waals surface area contributed by atoms with Crippen molar-refractivity contribution in [2.45, 2.75) is 6.54 Å². The number of nitrogens with zero attached hydrogens (tertiary/aromatic N) is 1. The molecule has 94 valence electrons. The maximum absolute atomic E-state index is 13.1. The molecule has 2 aromatic rings. The van der Waals surface area contributed by atoms with E-state index in [-0.39, 0.29) is 6.54 Å². The van der Waals surface area contributed by atoms with Gasteiger partial charge in [0.15, 0.2) is 0 Å². The molecule has 0 aliphatic heterocycles. The smallest absolute Gasteiger partial charge is 0.328 e. The van der Waals surface area contributed by atoms with Crippen LogP contribution in [-0.4, -0.2) is 9.55 Å². The minimum absolute atomic E-state index is 0.129. The van der Waals surface area contributed by atoms with E-state index in [1.165, 1.54) is 0 Å². The number of halogens is 2. The summed E-state index contributed by atoms with van der Waals surface area (Å²) in [6.07, 6.45) is 0.874. The molecular formula is C11H9BrFN3O2. The second kappa shape index (κ2) is 4.77. The van der Waals surface area contributed by atoms with Crippen LogP contribution in [0.3, 0.4) is 0 Å². The Labute approximate surface area is 109 Å². The van der Waals surface area contributed by atoms with Gasteiger partial charge in [-0.1, -0.05) is 6.07 Å². The summed E-state index contributed by atoms with van der Waals surface area (Å²) in [6, 6.07) is 5.15. The van der Waals surface area contributed by atoms with E-state index in [4.69, 9.17) is 5.73 Å². The van der Waals surface area contributed by atoms with Gasteiger partial charge in [0.25, 0.3) is 5.56 Å². The van der Waals surface area contributed by atoms with Gasteiger partial charge in [0.05, 0.1) is 12.7 Å². The van der Waals surface area contributed by atoms with Gasteiger partial charge in [-0.2, -0.15) is 4.39 Å². The summed E-state index contributed by atoms with van der Waals surface area (Å²) in [5, 5.41) is 0. The molecule has 7 heteroatoms. The van der Waals surface area contributed by atoms with Crippen molar-refractivity contribution in [3.05, 3.63) is 61.1 Å². The average Bonchev–Trinajstić information content (AvgIpc) is 2.31. The molecule has 0 saturated heterocycles. The van der Waals surface area contributed by atoms with E-state index in [0.717, 1.165) is 20.8 Å². The molecule has 18 heavy (non-hydrogen) atoms. The summed E-state index contributed by atoms with van der Waals surface area (Å²) in [4.78, 5) is 24.2. The van der Waals surface area contributed by atoms with E-state index in [9.17, 15) is 14.0 Å².